The molecule has 0 unspecified atom stereocenters. The van der Waals surface area contributed by atoms with Gasteiger partial charge >= 0.3 is 6.03 Å². The number of urea groups is 1. The average Bonchev–Trinajstić information content (AvgIpc) is 3.12. The van der Waals surface area contributed by atoms with Crippen molar-refractivity contribution >= 4 is 6.03 Å². The Morgan fingerprint density at radius 3 is 2.48 bits per heavy atom. The maximum atomic E-state index is 12.7. The van der Waals surface area contributed by atoms with Crippen molar-refractivity contribution in [1.29, 1.82) is 0 Å². The standard InChI is InChI=1S/C20H30N6O/c1-6-21-19(27)25(5)20(9-7-14(2)8-10-20)18-22-23-24-26(18)17-12-15(3)11-16(4)13-17/h11-14H,6-10H2,1-5H3,(H,21,27). The first-order valence-electron chi connectivity index (χ1n) is 9.76. The number of carbonyl (C=O) groups is 1. The van der Waals surface area contributed by atoms with Gasteiger partial charge in [-0.2, -0.15) is 4.68 Å². The molecule has 1 aromatic heterocycles. The summed E-state index contributed by atoms with van der Waals surface area (Å²) in [6, 6.07) is 6.21. The maximum Gasteiger partial charge on any atom is 0.317 e. The first kappa shape index (κ1) is 19.3. The van der Waals surface area contributed by atoms with Crippen LogP contribution in [0.5, 0.6) is 0 Å². The molecule has 0 aliphatic heterocycles. The van der Waals surface area contributed by atoms with E-state index in [1.165, 1.54) is 0 Å². The van der Waals surface area contributed by atoms with E-state index in [-0.39, 0.29) is 6.03 Å². The van der Waals surface area contributed by atoms with E-state index in [2.05, 4.69) is 59.8 Å². The third-order valence-electron chi connectivity index (χ3n) is 5.71. The highest BCUT2D eigenvalue weighted by atomic mass is 16.2. The van der Waals surface area contributed by atoms with Gasteiger partial charge < -0.3 is 10.2 Å². The minimum atomic E-state index is -0.507. The van der Waals surface area contributed by atoms with Crippen LogP contribution >= 0.6 is 0 Å². The Bertz CT molecular complexity index is 786. The van der Waals surface area contributed by atoms with E-state index < -0.39 is 5.54 Å². The van der Waals surface area contributed by atoms with Crippen LogP contribution in [0.15, 0.2) is 18.2 Å². The lowest BCUT2D eigenvalue weighted by Gasteiger charge is -2.44. The Morgan fingerprint density at radius 2 is 1.89 bits per heavy atom. The van der Waals surface area contributed by atoms with Crippen molar-refractivity contribution < 1.29 is 4.79 Å². The molecule has 1 aliphatic carbocycles. The molecule has 7 heteroatoms. The molecule has 1 fully saturated rings. The third kappa shape index (κ3) is 3.68. The second kappa shape index (κ2) is 7.66. The number of hydrogen-bond donors (Lipinski definition) is 1. The summed E-state index contributed by atoms with van der Waals surface area (Å²) in [7, 11) is 1.86. The van der Waals surface area contributed by atoms with Gasteiger partial charge in [0.25, 0.3) is 0 Å². The quantitative estimate of drug-likeness (QED) is 0.895. The predicted molar refractivity (Wildman–Crippen MR) is 105 cm³/mol. The summed E-state index contributed by atoms with van der Waals surface area (Å²) < 4.78 is 1.81. The highest BCUT2D eigenvalue weighted by molar-refractivity contribution is 5.75. The molecule has 0 bridgehead atoms. The molecule has 2 aromatic rings. The third-order valence-corrected chi connectivity index (χ3v) is 5.71. The Balaban J connectivity index is 2.09. The van der Waals surface area contributed by atoms with E-state index in [9.17, 15) is 4.79 Å². The van der Waals surface area contributed by atoms with Crippen molar-refractivity contribution in [1.82, 2.24) is 30.4 Å². The highest BCUT2D eigenvalue weighted by Gasteiger charge is 2.46. The molecule has 1 heterocycles. The Labute approximate surface area is 161 Å². The largest absolute Gasteiger partial charge is 0.338 e. The zero-order valence-electron chi connectivity index (χ0n) is 17.0. The minimum absolute atomic E-state index is 0.0815. The molecule has 146 valence electrons. The molecule has 0 atom stereocenters. The zero-order chi connectivity index (χ0) is 19.6. The Hall–Kier alpha value is -2.44. The smallest absolute Gasteiger partial charge is 0.317 e. The van der Waals surface area contributed by atoms with E-state index in [0.29, 0.717) is 12.5 Å². The zero-order valence-corrected chi connectivity index (χ0v) is 17.0. The lowest BCUT2D eigenvalue weighted by Crippen LogP contribution is -2.53. The van der Waals surface area contributed by atoms with Crippen LogP contribution in [-0.4, -0.2) is 44.7 Å². The van der Waals surface area contributed by atoms with Crippen LogP contribution in [0, 0.1) is 19.8 Å². The number of carbonyl (C=O) groups excluding carboxylic acids is 1. The van der Waals surface area contributed by atoms with Gasteiger partial charge in [0.05, 0.1) is 5.69 Å². The molecule has 1 saturated carbocycles. The van der Waals surface area contributed by atoms with Crippen LogP contribution in [-0.2, 0) is 5.54 Å². The minimum Gasteiger partial charge on any atom is -0.338 e. The molecule has 3 rings (SSSR count). The van der Waals surface area contributed by atoms with Gasteiger partial charge in [-0.1, -0.05) is 13.0 Å². The topological polar surface area (TPSA) is 75.9 Å². The van der Waals surface area contributed by atoms with E-state index in [0.717, 1.165) is 48.3 Å². The van der Waals surface area contributed by atoms with Crippen molar-refractivity contribution in [2.24, 2.45) is 5.92 Å². The lowest BCUT2D eigenvalue weighted by molar-refractivity contribution is 0.0726. The number of aromatic nitrogens is 4. The Kier molecular flexibility index (Phi) is 5.48. The van der Waals surface area contributed by atoms with Gasteiger partial charge in [-0.05, 0) is 86.1 Å². The summed E-state index contributed by atoms with van der Waals surface area (Å²) in [5.74, 6) is 1.39. The first-order valence-corrected chi connectivity index (χ1v) is 9.76. The van der Waals surface area contributed by atoms with Gasteiger partial charge in [-0.15, -0.1) is 5.10 Å². The second-order valence-corrected chi connectivity index (χ2v) is 7.87. The summed E-state index contributed by atoms with van der Waals surface area (Å²) in [5.41, 5.74) is 2.76. The van der Waals surface area contributed by atoms with E-state index in [1.807, 2.05) is 23.6 Å². The molecular formula is C20H30N6O. The Morgan fingerprint density at radius 1 is 1.26 bits per heavy atom. The highest BCUT2D eigenvalue weighted by Crippen LogP contribution is 2.43. The molecule has 2 amide bonds. The van der Waals surface area contributed by atoms with Crippen molar-refractivity contribution in [3.05, 3.63) is 35.2 Å². The number of nitrogens with zero attached hydrogens (tertiary/aromatic N) is 5. The molecular weight excluding hydrogens is 340 g/mol. The van der Waals surface area contributed by atoms with Crippen LogP contribution in [0.4, 0.5) is 4.79 Å². The summed E-state index contributed by atoms with van der Waals surface area (Å²) in [6.07, 6.45) is 3.80. The van der Waals surface area contributed by atoms with Gasteiger partial charge in [-0.3, -0.25) is 0 Å². The van der Waals surface area contributed by atoms with Gasteiger partial charge in [0.2, 0.25) is 0 Å². The van der Waals surface area contributed by atoms with Crippen LogP contribution in [0.2, 0.25) is 0 Å². The number of nitrogens with one attached hydrogen (secondary N) is 1. The summed E-state index contributed by atoms with van der Waals surface area (Å²) in [5, 5.41) is 15.6. The molecule has 1 aliphatic rings. The first-order chi connectivity index (χ1) is 12.9. The van der Waals surface area contributed by atoms with Crippen molar-refractivity contribution in [2.45, 2.75) is 58.9 Å². The van der Waals surface area contributed by atoms with Crippen LogP contribution < -0.4 is 5.32 Å². The number of aryl methyl sites for hydroxylation is 2. The maximum absolute atomic E-state index is 12.7. The molecule has 0 saturated heterocycles. The van der Waals surface area contributed by atoms with Crippen molar-refractivity contribution in [3.63, 3.8) is 0 Å². The fraction of sp³-hybridized carbons (Fsp3) is 0.600. The van der Waals surface area contributed by atoms with Crippen LogP contribution in [0.25, 0.3) is 5.69 Å². The van der Waals surface area contributed by atoms with Gasteiger partial charge in [0, 0.05) is 13.6 Å². The fourth-order valence-corrected chi connectivity index (χ4v) is 4.14. The molecule has 27 heavy (non-hydrogen) atoms. The van der Waals surface area contributed by atoms with E-state index >= 15 is 0 Å². The number of tetrazole rings is 1. The predicted octanol–water partition coefficient (Wildman–Crippen LogP) is 3.35. The monoisotopic (exact) mass is 370 g/mol. The van der Waals surface area contributed by atoms with Gasteiger partial charge in [-0.25, -0.2) is 4.79 Å². The summed E-state index contributed by atoms with van der Waals surface area (Å²) in [6.45, 7) is 8.93. The van der Waals surface area contributed by atoms with Gasteiger partial charge in [0.1, 0.15) is 5.54 Å². The number of amides is 2. The number of rotatable bonds is 4. The van der Waals surface area contributed by atoms with Gasteiger partial charge in [0.15, 0.2) is 5.82 Å². The number of benzene rings is 1. The van der Waals surface area contributed by atoms with Crippen molar-refractivity contribution in [3.8, 4) is 5.69 Å². The van der Waals surface area contributed by atoms with Crippen LogP contribution in [0.1, 0.15) is 56.5 Å². The molecule has 0 radical (unpaired) electrons. The molecule has 1 aromatic carbocycles. The molecule has 7 nitrogen and oxygen atoms in total. The average molecular weight is 371 g/mol. The van der Waals surface area contributed by atoms with Crippen molar-refractivity contribution in [2.75, 3.05) is 13.6 Å². The summed E-state index contributed by atoms with van der Waals surface area (Å²) >= 11 is 0. The fourth-order valence-electron chi connectivity index (χ4n) is 4.14. The summed E-state index contributed by atoms with van der Waals surface area (Å²) in [4.78, 5) is 14.5. The van der Waals surface area contributed by atoms with E-state index in [4.69, 9.17) is 0 Å². The van der Waals surface area contributed by atoms with E-state index in [1.54, 1.807) is 0 Å². The number of hydrogen-bond acceptors (Lipinski definition) is 4. The van der Waals surface area contributed by atoms with Crippen LogP contribution in [0.3, 0.4) is 0 Å². The normalized spacial score (nSPS) is 22.5. The molecule has 1 N–H and O–H groups in total. The molecule has 0 spiro atoms. The SMILES string of the molecule is CCNC(=O)N(C)C1(c2nnnn2-c2cc(C)cc(C)c2)CCC(C)CC1. The lowest BCUT2D eigenvalue weighted by atomic mass is 9.75. The second-order valence-electron chi connectivity index (χ2n) is 7.87.